The van der Waals surface area contributed by atoms with Gasteiger partial charge >= 0.3 is 6.18 Å². The summed E-state index contributed by atoms with van der Waals surface area (Å²) in [7, 11) is 0. The molecule has 0 heterocycles. The lowest BCUT2D eigenvalue weighted by Crippen LogP contribution is -2.29. The van der Waals surface area contributed by atoms with Gasteiger partial charge in [0.2, 0.25) is 0 Å². The van der Waals surface area contributed by atoms with E-state index in [0.29, 0.717) is 12.1 Å². The average Bonchev–Trinajstić information content (AvgIpc) is 3.18. The number of hydrogen-bond donors (Lipinski definition) is 2. The Balaban J connectivity index is 2.00. The summed E-state index contributed by atoms with van der Waals surface area (Å²) in [6, 6.07) is 5.18. The van der Waals surface area contributed by atoms with Gasteiger partial charge in [-0.1, -0.05) is 25.0 Å². The van der Waals surface area contributed by atoms with Crippen LogP contribution in [0.15, 0.2) is 24.3 Å². The van der Waals surface area contributed by atoms with Crippen molar-refractivity contribution in [1.29, 1.82) is 0 Å². The van der Waals surface area contributed by atoms with Crippen molar-refractivity contribution in [2.45, 2.75) is 31.5 Å². The lowest BCUT2D eigenvalue weighted by Gasteiger charge is -2.18. The molecule has 0 amide bonds. The zero-order chi connectivity index (χ0) is 13.9. The van der Waals surface area contributed by atoms with Crippen molar-refractivity contribution in [3.63, 3.8) is 0 Å². The molecular formula is C14H19F3N2. The normalized spacial score (nSPS) is 17.5. The van der Waals surface area contributed by atoms with Crippen molar-refractivity contribution in [3.8, 4) is 0 Å². The Hall–Kier alpha value is -1.07. The highest BCUT2D eigenvalue weighted by Gasteiger charge is 2.30. The van der Waals surface area contributed by atoms with Crippen LogP contribution in [-0.2, 0) is 6.18 Å². The highest BCUT2D eigenvalue weighted by atomic mass is 19.4. The van der Waals surface area contributed by atoms with Crippen molar-refractivity contribution in [3.05, 3.63) is 35.4 Å². The van der Waals surface area contributed by atoms with E-state index in [-0.39, 0.29) is 6.04 Å². The molecule has 0 saturated heterocycles. The van der Waals surface area contributed by atoms with Crippen LogP contribution in [0.25, 0.3) is 0 Å². The molecule has 1 aromatic carbocycles. The Morgan fingerprint density at radius 2 is 2.05 bits per heavy atom. The minimum atomic E-state index is -4.30. The Kier molecular flexibility index (Phi) is 4.47. The van der Waals surface area contributed by atoms with E-state index >= 15 is 0 Å². The molecule has 106 valence electrons. The summed E-state index contributed by atoms with van der Waals surface area (Å²) in [5, 5.41) is 3.24. The number of benzene rings is 1. The first-order valence-corrected chi connectivity index (χ1v) is 6.61. The van der Waals surface area contributed by atoms with Gasteiger partial charge in [0.15, 0.2) is 0 Å². The summed E-state index contributed by atoms with van der Waals surface area (Å²) in [4.78, 5) is 0. The van der Waals surface area contributed by atoms with Gasteiger partial charge in [0.25, 0.3) is 0 Å². The molecule has 0 spiro atoms. The topological polar surface area (TPSA) is 38.0 Å². The maximum atomic E-state index is 12.6. The second-order valence-electron chi connectivity index (χ2n) is 5.10. The third-order valence-electron chi connectivity index (χ3n) is 3.49. The van der Waals surface area contributed by atoms with Gasteiger partial charge in [-0.05, 0) is 36.6 Å². The van der Waals surface area contributed by atoms with Crippen molar-refractivity contribution in [2.24, 2.45) is 11.7 Å². The maximum absolute atomic E-state index is 12.6. The number of rotatable bonds is 6. The largest absolute Gasteiger partial charge is 0.416 e. The van der Waals surface area contributed by atoms with Gasteiger partial charge in [0.1, 0.15) is 0 Å². The van der Waals surface area contributed by atoms with Gasteiger partial charge in [0.05, 0.1) is 5.56 Å². The zero-order valence-corrected chi connectivity index (χ0v) is 10.7. The fourth-order valence-electron chi connectivity index (χ4n) is 2.14. The van der Waals surface area contributed by atoms with E-state index in [1.807, 2.05) is 0 Å². The van der Waals surface area contributed by atoms with E-state index in [9.17, 15) is 13.2 Å². The predicted octanol–water partition coefficient (Wildman–Crippen LogP) is 3.09. The van der Waals surface area contributed by atoms with E-state index in [4.69, 9.17) is 5.73 Å². The first-order valence-electron chi connectivity index (χ1n) is 6.61. The van der Waals surface area contributed by atoms with Crippen LogP contribution in [-0.4, -0.2) is 13.1 Å². The fraction of sp³-hybridized carbons (Fsp3) is 0.571. The van der Waals surface area contributed by atoms with Crippen molar-refractivity contribution in [2.75, 3.05) is 13.1 Å². The van der Waals surface area contributed by atoms with Gasteiger partial charge in [-0.15, -0.1) is 0 Å². The van der Waals surface area contributed by atoms with Crippen LogP contribution in [0.4, 0.5) is 13.2 Å². The molecule has 3 N–H and O–H groups in total. The van der Waals surface area contributed by atoms with Crippen LogP contribution in [0.2, 0.25) is 0 Å². The quantitative estimate of drug-likeness (QED) is 0.835. The van der Waals surface area contributed by atoms with Crippen molar-refractivity contribution < 1.29 is 13.2 Å². The molecule has 0 radical (unpaired) electrons. The van der Waals surface area contributed by atoms with Gasteiger partial charge < -0.3 is 11.1 Å². The van der Waals surface area contributed by atoms with Crippen LogP contribution in [0.1, 0.15) is 36.4 Å². The van der Waals surface area contributed by atoms with Crippen LogP contribution < -0.4 is 11.1 Å². The van der Waals surface area contributed by atoms with Gasteiger partial charge in [-0.3, -0.25) is 0 Å². The van der Waals surface area contributed by atoms with Gasteiger partial charge in [-0.25, -0.2) is 0 Å². The minimum absolute atomic E-state index is 0.207. The second-order valence-corrected chi connectivity index (χ2v) is 5.10. The van der Waals surface area contributed by atoms with Crippen molar-refractivity contribution >= 4 is 0 Å². The molecule has 1 saturated carbocycles. The number of nitrogens with two attached hydrogens (primary N) is 1. The number of halogens is 3. The Labute approximate surface area is 111 Å². The predicted molar refractivity (Wildman–Crippen MR) is 68.6 cm³/mol. The SMILES string of the molecule is NCC(NCCC1CC1)c1cccc(C(F)(F)F)c1. The first kappa shape index (κ1) is 14.3. The number of hydrogen-bond acceptors (Lipinski definition) is 2. The van der Waals surface area contributed by atoms with Gasteiger partial charge in [-0.2, -0.15) is 13.2 Å². The van der Waals surface area contributed by atoms with Crippen molar-refractivity contribution in [1.82, 2.24) is 5.32 Å². The zero-order valence-electron chi connectivity index (χ0n) is 10.7. The van der Waals surface area contributed by atoms with E-state index in [1.54, 1.807) is 6.07 Å². The Morgan fingerprint density at radius 3 is 2.63 bits per heavy atom. The molecule has 2 nitrogen and oxygen atoms in total. The Morgan fingerprint density at radius 1 is 1.32 bits per heavy atom. The fourth-order valence-corrected chi connectivity index (χ4v) is 2.14. The molecule has 1 aliphatic rings. The lowest BCUT2D eigenvalue weighted by atomic mass is 10.0. The molecule has 0 aliphatic heterocycles. The number of alkyl halides is 3. The minimum Gasteiger partial charge on any atom is -0.329 e. The molecule has 1 aliphatic carbocycles. The molecule has 1 aromatic rings. The molecule has 2 rings (SSSR count). The monoisotopic (exact) mass is 272 g/mol. The molecule has 5 heteroatoms. The summed E-state index contributed by atoms with van der Waals surface area (Å²) in [5.74, 6) is 0.799. The van der Waals surface area contributed by atoms with E-state index < -0.39 is 11.7 Å². The summed E-state index contributed by atoms with van der Waals surface area (Å²) >= 11 is 0. The standard InChI is InChI=1S/C14H19F3N2/c15-14(16,17)12-3-1-2-11(8-12)13(9-18)19-7-6-10-4-5-10/h1-3,8,10,13,19H,4-7,9,18H2. The lowest BCUT2D eigenvalue weighted by molar-refractivity contribution is -0.137. The van der Waals surface area contributed by atoms with E-state index in [2.05, 4.69) is 5.32 Å². The third kappa shape index (κ3) is 4.21. The van der Waals surface area contributed by atoms with Crippen LogP contribution >= 0.6 is 0 Å². The number of nitrogens with one attached hydrogen (secondary N) is 1. The summed E-state index contributed by atoms with van der Waals surface area (Å²) < 4.78 is 37.9. The van der Waals surface area contributed by atoms with E-state index in [0.717, 1.165) is 24.9 Å². The average molecular weight is 272 g/mol. The highest BCUT2D eigenvalue weighted by molar-refractivity contribution is 5.28. The summed E-state index contributed by atoms with van der Waals surface area (Å²) in [6.07, 6.45) is -0.671. The summed E-state index contributed by atoms with van der Waals surface area (Å²) in [5.41, 5.74) is 5.64. The molecule has 0 bridgehead atoms. The molecule has 1 atom stereocenters. The Bertz CT molecular complexity index is 413. The van der Waals surface area contributed by atoms with E-state index in [1.165, 1.54) is 25.0 Å². The molecule has 1 fully saturated rings. The van der Waals surface area contributed by atoms with Crippen LogP contribution in [0, 0.1) is 5.92 Å². The van der Waals surface area contributed by atoms with Crippen LogP contribution in [0.5, 0.6) is 0 Å². The van der Waals surface area contributed by atoms with Crippen LogP contribution in [0.3, 0.4) is 0 Å². The first-order chi connectivity index (χ1) is 9.00. The molecular weight excluding hydrogens is 253 g/mol. The molecule has 19 heavy (non-hydrogen) atoms. The summed E-state index contributed by atoms with van der Waals surface area (Å²) in [6.45, 7) is 1.11. The second kappa shape index (κ2) is 5.92. The molecule has 1 unspecified atom stereocenters. The maximum Gasteiger partial charge on any atom is 0.416 e. The van der Waals surface area contributed by atoms with Gasteiger partial charge in [0, 0.05) is 12.6 Å². The smallest absolute Gasteiger partial charge is 0.329 e. The molecule has 0 aromatic heterocycles. The highest BCUT2D eigenvalue weighted by Crippen LogP contribution is 2.32. The third-order valence-corrected chi connectivity index (χ3v) is 3.49.